The summed E-state index contributed by atoms with van der Waals surface area (Å²) in [5.74, 6) is 2.86. The van der Waals surface area contributed by atoms with Gasteiger partial charge in [0.15, 0.2) is 5.82 Å². The van der Waals surface area contributed by atoms with Crippen molar-refractivity contribution in [3.8, 4) is 5.75 Å². The Bertz CT molecular complexity index is 872. The largest absolute Gasteiger partial charge is 0.496 e. The number of methoxy groups -OCH3 is 1. The van der Waals surface area contributed by atoms with Crippen molar-refractivity contribution in [3.05, 3.63) is 53.7 Å². The van der Waals surface area contributed by atoms with Crippen LogP contribution in [0.5, 0.6) is 5.75 Å². The van der Waals surface area contributed by atoms with Crippen molar-refractivity contribution in [2.75, 3.05) is 14.2 Å². The normalized spacial score (nSPS) is 14.5. The fraction of sp³-hybridized carbons (Fsp3) is 0.474. The second-order valence-electron chi connectivity index (χ2n) is 7.09. The lowest BCUT2D eigenvalue weighted by Gasteiger charge is -2.20. The van der Waals surface area contributed by atoms with Gasteiger partial charge in [-0.25, -0.2) is 9.67 Å². The average molecular weight is 368 g/mol. The summed E-state index contributed by atoms with van der Waals surface area (Å²) >= 11 is 0. The van der Waals surface area contributed by atoms with Gasteiger partial charge in [-0.1, -0.05) is 17.6 Å². The van der Waals surface area contributed by atoms with E-state index in [0.717, 1.165) is 42.4 Å². The third kappa shape index (κ3) is 4.16. The Kier molecular flexibility index (Phi) is 5.15. The quantitative estimate of drug-likeness (QED) is 0.604. The highest BCUT2D eigenvalue weighted by molar-refractivity contribution is 5.37. The molecule has 1 saturated carbocycles. The highest BCUT2D eigenvalue weighted by atomic mass is 16.5. The average Bonchev–Trinajstić information content (AvgIpc) is 3.26. The van der Waals surface area contributed by atoms with Crippen LogP contribution >= 0.6 is 0 Å². The van der Waals surface area contributed by atoms with Crippen molar-refractivity contribution in [2.24, 2.45) is 0 Å². The molecule has 0 atom stereocenters. The summed E-state index contributed by atoms with van der Waals surface area (Å²) in [5, 5.41) is 8.30. The minimum Gasteiger partial charge on any atom is -0.496 e. The first-order chi connectivity index (χ1) is 13.2. The predicted molar refractivity (Wildman–Crippen MR) is 98.2 cm³/mol. The van der Waals surface area contributed by atoms with Crippen LogP contribution in [0.4, 0.5) is 0 Å². The molecule has 0 aliphatic heterocycles. The van der Waals surface area contributed by atoms with Gasteiger partial charge in [0.2, 0.25) is 5.89 Å². The molecule has 3 aromatic rings. The van der Waals surface area contributed by atoms with Crippen molar-refractivity contribution < 1.29 is 9.26 Å². The van der Waals surface area contributed by atoms with Gasteiger partial charge in [0.25, 0.3) is 0 Å². The molecule has 1 aromatic carbocycles. The monoisotopic (exact) mass is 368 g/mol. The van der Waals surface area contributed by atoms with Gasteiger partial charge in [0.05, 0.1) is 20.2 Å². The summed E-state index contributed by atoms with van der Waals surface area (Å²) in [4.78, 5) is 10.7. The fourth-order valence-corrected chi connectivity index (χ4v) is 3.30. The fourth-order valence-electron chi connectivity index (χ4n) is 3.30. The van der Waals surface area contributed by atoms with E-state index in [4.69, 9.17) is 9.26 Å². The highest BCUT2D eigenvalue weighted by Gasteiger charge is 2.25. The van der Waals surface area contributed by atoms with Crippen LogP contribution in [0.25, 0.3) is 0 Å². The molecule has 0 spiro atoms. The van der Waals surface area contributed by atoms with Crippen molar-refractivity contribution >= 4 is 0 Å². The van der Waals surface area contributed by atoms with E-state index >= 15 is 0 Å². The third-order valence-corrected chi connectivity index (χ3v) is 4.95. The molecule has 0 saturated heterocycles. The smallest absolute Gasteiger partial charge is 0.229 e. The molecule has 1 aliphatic carbocycles. The van der Waals surface area contributed by atoms with E-state index in [-0.39, 0.29) is 0 Å². The van der Waals surface area contributed by atoms with Crippen LogP contribution < -0.4 is 4.74 Å². The molecule has 27 heavy (non-hydrogen) atoms. The van der Waals surface area contributed by atoms with Crippen LogP contribution in [0.3, 0.4) is 0 Å². The number of aromatic nitrogens is 5. The second kappa shape index (κ2) is 7.87. The first-order valence-corrected chi connectivity index (χ1v) is 9.20. The Balaban J connectivity index is 1.41. The van der Waals surface area contributed by atoms with Crippen LogP contribution in [0, 0.1) is 0 Å². The Morgan fingerprint density at radius 1 is 1.30 bits per heavy atom. The number of rotatable bonds is 8. The number of nitrogens with zero attached hydrogens (tertiary/aromatic N) is 6. The maximum Gasteiger partial charge on any atom is 0.229 e. The van der Waals surface area contributed by atoms with Crippen LogP contribution in [0.15, 0.2) is 35.4 Å². The van der Waals surface area contributed by atoms with Crippen LogP contribution in [-0.2, 0) is 19.6 Å². The Morgan fingerprint density at radius 2 is 2.19 bits per heavy atom. The Hall–Kier alpha value is -2.74. The second-order valence-corrected chi connectivity index (χ2v) is 7.09. The molecular formula is C19H24N6O2. The zero-order chi connectivity index (χ0) is 18.6. The molecule has 142 valence electrons. The lowest BCUT2D eigenvalue weighted by atomic mass is 9.85. The minimum absolute atomic E-state index is 0.470. The van der Waals surface area contributed by atoms with Crippen LogP contribution in [0.2, 0.25) is 0 Å². The van der Waals surface area contributed by atoms with Gasteiger partial charge in [0.1, 0.15) is 18.4 Å². The first kappa shape index (κ1) is 17.7. The number of ether oxygens (including phenoxy) is 1. The van der Waals surface area contributed by atoms with Crippen LogP contribution in [0.1, 0.15) is 48.0 Å². The maximum atomic E-state index is 5.48. The van der Waals surface area contributed by atoms with Gasteiger partial charge >= 0.3 is 0 Å². The Morgan fingerprint density at radius 3 is 2.89 bits per heavy atom. The SMILES string of the molecule is COc1ccc(CN(C)Cc2noc(C3CCC3)n2)cc1Cn1cncn1. The third-order valence-electron chi connectivity index (χ3n) is 4.95. The van der Waals surface area contributed by atoms with E-state index in [0.29, 0.717) is 19.0 Å². The van der Waals surface area contributed by atoms with E-state index in [1.165, 1.54) is 18.3 Å². The molecule has 4 rings (SSSR count). The van der Waals surface area contributed by atoms with E-state index in [1.807, 2.05) is 6.07 Å². The standard InChI is InChI=1S/C19H24N6O2/c1-24(11-18-22-19(27-23-18)15-4-3-5-15)9-14-6-7-17(26-2)16(8-14)10-25-13-20-12-21-25/h6-8,12-13,15H,3-5,9-11H2,1-2H3. The summed E-state index contributed by atoms with van der Waals surface area (Å²) in [7, 11) is 3.74. The van der Waals surface area contributed by atoms with Crippen molar-refractivity contribution in [2.45, 2.75) is 44.8 Å². The van der Waals surface area contributed by atoms with E-state index < -0.39 is 0 Å². The van der Waals surface area contributed by atoms with Gasteiger partial charge in [-0.2, -0.15) is 10.1 Å². The molecule has 0 unspecified atom stereocenters. The summed E-state index contributed by atoms with van der Waals surface area (Å²) in [6.07, 6.45) is 6.83. The highest BCUT2D eigenvalue weighted by Crippen LogP contribution is 2.35. The van der Waals surface area contributed by atoms with Crippen LogP contribution in [-0.4, -0.2) is 44.0 Å². The zero-order valence-corrected chi connectivity index (χ0v) is 15.7. The molecule has 1 fully saturated rings. The number of hydrogen-bond donors (Lipinski definition) is 0. The van der Waals surface area contributed by atoms with Crippen molar-refractivity contribution in [1.29, 1.82) is 0 Å². The topological polar surface area (TPSA) is 82.1 Å². The summed E-state index contributed by atoms with van der Waals surface area (Å²) in [6.45, 7) is 2.05. The number of hydrogen-bond acceptors (Lipinski definition) is 7. The number of benzene rings is 1. The van der Waals surface area contributed by atoms with E-state index in [1.54, 1.807) is 18.1 Å². The van der Waals surface area contributed by atoms with Gasteiger partial charge in [-0.3, -0.25) is 4.90 Å². The van der Waals surface area contributed by atoms with Gasteiger partial charge < -0.3 is 9.26 Å². The minimum atomic E-state index is 0.470. The maximum absolute atomic E-state index is 5.48. The van der Waals surface area contributed by atoms with Gasteiger partial charge in [-0.05, 0) is 37.6 Å². The Labute approximate surface area is 158 Å². The first-order valence-electron chi connectivity index (χ1n) is 9.20. The lowest BCUT2D eigenvalue weighted by Crippen LogP contribution is -2.18. The predicted octanol–water partition coefficient (Wildman–Crippen LogP) is 2.62. The molecule has 8 nitrogen and oxygen atoms in total. The van der Waals surface area contributed by atoms with E-state index in [2.05, 4.69) is 44.3 Å². The summed E-state index contributed by atoms with van der Waals surface area (Å²) < 4.78 is 12.7. The molecule has 2 heterocycles. The van der Waals surface area contributed by atoms with Crippen molar-refractivity contribution in [1.82, 2.24) is 29.8 Å². The van der Waals surface area contributed by atoms with E-state index in [9.17, 15) is 0 Å². The van der Waals surface area contributed by atoms with Gasteiger partial charge in [0, 0.05) is 18.0 Å². The molecule has 0 bridgehead atoms. The molecule has 0 radical (unpaired) electrons. The van der Waals surface area contributed by atoms with Gasteiger partial charge in [-0.15, -0.1) is 0 Å². The summed E-state index contributed by atoms with van der Waals surface area (Å²) in [6, 6.07) is 6.22. The molecular weight excluding hydrogens is 344 g/mol. The van der Waals surface area contributed by atoms with Crippen molar-refractivity contribution in [3.63, 3.8) is 0 Å². The molecule has 1 aliphatic rings. The molecule has 2 aromatic heterocycles. The summed E-state index contributed by atoms with van der Waals surface area (Å²) in [5.41, 5.74) is 2.26. The zero-order valence-electron chi connectivity index (χ0n) is 15.7. The molecule has 0 amide bonds. The lowest BCUT2D eigenvalue weighted by molar-refractivity contribution is 0.281. The molecule has 8 heteroatoms. The molecule has 0 N–H and O–H groups in total.